The van der Waals surface area contributed by atoms with Gasteiger partial charge in [-0.3, -0.25) is 9.48 Å². The van der Waals surface area contributed by atoms with Crippen molar-refractivity contribution in [3.63, 3.8) is 0 Å². The number of carbonyl (C=O) groups excluding carboxylic acids is 1. The average Bonchev–Trinajstić information content (AvgIpc) is 2.81. The number of aromatic nitrogens is 2. The van der Waals surface area contributed by atoms with Crippen molar-refractivity contribution in [1.29, 1.82) is 0 Å². The molecule has 0 fully saturated rings. The third-order valence-corrected chi connectivity index (χ3v) is 2.52. The Balaban J connectivity index is 2.03. The fourth-order valence-electron chi connectivity index (χ4n) is 1.59. The van der Waals surface area contributed by atoms with Crippen LogP contribution in [0.3, 0.4) is 0 Å². The lowest BCUT2D eigenvalue weighted by Gasteiger charge is -2.08. The molecular weight excluding hydrogens is 292 g/mol. The van der Waals surface area contributed by atoms with Crippen molar-refractivity contribution in [2.24, 2.45) is 0 Å². The summed E-state index contributed by atoms with van der Waals surface area (Å²) in [5.41, 5.74) is 4.60. The number of hydrogen-bond donors (Lipinski definition) is 2. The molecule has 1 amide bonds. The predicted molar refractivity (Wildman–Crippen MR) is 66.7 cm³/mol. The van der Waals surface area contributed by atoms with Crippen LogP contribution in [0.4, 0.5) is 28.9 Å². The van der Waals surface area contributed by atoms with E-state index in [2.05, 4.69) is 10.4 Å². The highest BCUT2D eigenvalue weighted by Crippen LogP contribution is 2.27. The zero-order chi connectivity index (χ0) is 15.6. The molecule has 5 nitrogen and oxygen atoms in total. The van der Waals surface area contributed by atoms with E-state index in [4.69, 9.17) is 5.73 Å². The van der Waals surface area contributed by atoms with Gasteiger partial charge >= 0.3 is 6.18 Å². The van der Waals surface area contributed by atoms with Crippen LogP contribution in [0.2, 0.25) is 0 Å². The second-order valence-electron chi connectivity index (χ2n) is 4.18. The van der Waals surface area contributed by atoms with Crippen LogP contribution in [0.25, 0.3) is 0 Å². The molecule has 112 valence electrons. The van der Waals surface area contributed by atoms with E-state index in [9.17, 15) is 22.4 Å². The first-order chi connectivity index (χ1) is 9.75. The van der Waals surface area contributed by atoms with Crippen molar-refractivity contribution in [1.82, 2.24) is 9.78 Å². The summed E-state index contributed by atoms with van der Waals surface area (Å²) in [6.07, 6.45) is -3.53. The number of carbonyl (C=O) groups is 1. The Morgan fingerprint density at radius 3 is 2.62 bits per heavy atom. The summed E-state index contributed by atoms with van der Waals surface area (Å²) in [4.78, 5) is 11.7. The first kappa shape index (κ1) is 14.8. The van der Waals surface area contributed by atoms with Crippen molar-refractivity contribution < 1.29 is 22.4 Å². The van der Waals surface area contributed by atoms with Crippen LogP contribution in [0, 0.1) is 5.82 Å². The maximum atomic E-state index is 12.8. The molecule has 21 heavy (non-hydrogen) atoms. The van der Waals surface area contributed by atoms with Crippen LogP contribution in [0.5, 0.6) is 0 Å². The molecule has 0 radical (unpaired) electrons. The molecule has 1 aromatic heterocycles. The van der Waals surface area contributed by atoms with Gasteiger partial charge in [-0.1, -0.05) is 0 Å². The normalized spacial score (nSPS) is 11.4. The lowest BCUT2D eigenvalue weighted by Crippen LogP contribution is -2.20. The molecule has 1 aromatic carbocycles. The monoisotopic (exact) mass is 302 g/mol. The highest BCUT2D eigenvalue weighted by molar-refractivity contribution is 5.93. The number of nitrogens with two attached hydrogens (primary N) is 1. The summed E-state index contributed by atoms with van der Waals surface area (Å²) in [7, 11) is 0. The predicted octanol–water partition coefficient (Wildman–Crippen LogP) is 2.26. The Morgan fingerprint density at radius 1 is 1.33 bits per heavy atom. The molecule has 0 saturated heterocycles. The van der Waals surface area contributed by atoms with Gasteiger partial charge in [-0.2, -0.15) is 18.3 Å². The van der Waals surface area contributed by atoms with Crippen molar-refractivity contribution in [3.8, 4) is 0 Å². The van der Waals surface area contributed by atoms with Gasteiger partial charge in [-0.05, 0) is 24.3 Å². The van der Waals surface area contributed by atoms with Crippen LogP contribution in [-0.4, -0.2) is 15.7 Å². The average molecular weight is 302 g/mol. The van der Waals surface area contributed by atoms with Gasteiger partial charge in [0.25, 0.3) is 0 Å². The smallest absolute Gasteiger partial charge is 0.397 e. The zero-order valence-corrected chi connectivity index (χ0v) is 10.5. The topological polar surface area (TPSA) is 72.9 Å². The van der Waals surface area contributed by atoms with Crippen LogP contribution in [0.15, 0.2) is 30.5 Å². The third-order valence-electron chi connectivity index (χ3n) is 2.52. The van der Waals surface area contributed by atoms with Gasteiger partial charge in [0.2, 0.25) is 5.91 Å². The first-order valence-corrected chi connectivity index (χ1v) is 5.71. The van der Waals surface area contributed by atoms with E-state index >= 15 is 0 Å². The maximum Gasteiger partial charge on any atom is 0.435 e. The Bertz CT molecular complexity index is 666. The summed E-state index contributed by atoms with van der Waals surface area (Å²) in [6, 6.07) is 4.14. The molecule has 0 atom stereocenters. The van der Waals surface area contributed by atoms with E-state index in [0.717, 1.165) is 29.1 Å². The number of anilines is 2. The van der Waals surface area contributed by atoms with E-state index < -0.39 is 30.1 Å². The van der Waals surface area contributed by atoms with Gasteiger partial charge in [-0.15, -0.1) is 0 Å². The fourth-order valence-corrected chi connectivity index (χ4v) is 1.59. The van der Waals surface area contributed by atoms with Gasteiger partial charge in [0.15, 0.2) is 5.69 Å². The van der Waals surface area contributed by atoms with E-state index in [0.29, 0.717) is 0 Å². The first-order valence-electron chi connectivity index (χ1n) is 5.71. The van der Waals surface area contributed by atoms with Gasteiger partial charge in [-0.25, -0.2) is 4.39 Å². The Hall–Kier alpha value is -2.58. The van der Waals surface area contributed by atoms with Crippen molar-refractivity contribution >= 4 is 17.3 Å². The second kappa shape index (κ2) is 5.43. The summed E-state index contributed by atoms with van der Waals surface area (Å²) in [6.45, 7) is -0.424. The SMILES string of the molecule is Nc1cc(F)ccc1NC(=O)Cn1ccc(C(F)(F)F)n1. The fraction of sp³-hybridized carbons (Fsp3) is 0.167. The summed E-state index contributed by atoms with van der Waals surface area (Å²) in [5.74, 6) is -1.20. The third kappa shape index (κ3) is 3.71. The standard InChI is InChI=1S/C12H10F4N4O/c13-7-1-2-9(8(17)5-7)18-11(21)6-20-4-3-10(19-20)12(14,15)16/h1-5H,6,17H2,(H,18,21). The molecule has 0 bridgehead atoms. The summed E-state index contributed by atoms with van der Waals surface area (Å²) < 4.78 is 50.7. The summed E-state index contributed by atoms with van der Waals surface area (Å²) in [5, 5.41) is 5.60. The van der Waals surface area contributed by atoms with E-state index in [-0.39, 0.29) is 11.4 Å². The highest BCUT2D eigenvalue weighted by atomic mass is 19.4. The minimum absolute atomic E-state index is 0.0137. The molecule has 0 aliphatic rings. The number of benzene rings is 1. The minimum Gasteiger partial charge on any atom is -0.397 e. The molecular formula is C12H10F4N4O. The Morgan fingerprint density at radius 2 is 2.05 bits per heavy atom. The van der Waals surface area contributed by atoms with Crippen molar-refractivity contribution in [2.45, 2.75) is 12.7 Å². The van der Waals surface area contributed by atoms with Gasteiger partial charge in [0.1, 0.15) is 12.4 Å². The van der Waals surface area contributed by atoms with Gasteiger partial charge in [0, 0.05) is 6.20 Å². The Kier molecular flexibility index (Phi) is 3.83. The number of amides is 1. The number of hydrogen-bond acceptors (Lipinski definition) is 3. The maximum absolute atomic E-state index is 12.8. The van der Waals surface area contributed by atoms with E-state index in [1.807, 2.05) is 0 Å². The molecule has 0 spiro atoms. The number of nitrogens with zero attached hydrogens (tertiary/aromatic N) is 2. The number of halogens is 4. The van der Waals surface area contributed by atoms with Crippen LogP contribution >= 0.6 is 0 Å². The lowest BCUT2D eigenvalue weighted by molar-refractivity contribution is -0.141. The van der Waals surface area contributed by atoms with Crippen molar-refractivity contribution in [2.75, 3.05) is 11.1 Å². The van der Waals surface area contributed by atoms with Gasteiger partial charge < -0.3 is 11.1 Å². The van der Waals surface area contributed by atoms with Crippen LogP contribution in [0.1, 0.15) is 5.69 Å². The molecule has 9 heteroatoms. The van der Waals surface area contributed by atoms with Crippen LogP contribution in [-0.2, 0) is 17.5 Å². The molecule has 2 rings (SSSR count). The Labute approximate surface area is 116 Å². The number of nitrogen functional groups attached to an aromatic ring is 1. The lowest BCUT2D eigenvalue weighted by atomic mass is 10.2. The molecule has 2 aromatic rings. The largest absolute Gasteiger partial charge is 0.435 e. The molecule has 1 heterocycles. The van der Waals surface area contributed by atoms with E-state index in [1.54, 1.807) is 0 Å². The summed E-state index contributed by atoms with van der Waals surface area (Å²) >= 11 is 0. The quantitative estimate of drug-likeness (QED) is 0.675. The second-order valence-corrected chi connectivity index (χ2v) is 4.18. The highest BCUT2D eigenvalue weighted by Gasteiger charge is 2.33. The molecule has 0 aliphatic heterocycles. The van der Waals surface area contributed by atoms with Gasteiger partial charge in [0.05, 0.1) is 11.4 Å². The number of nitrogens with one attached hydrogen (secondary N) is 1. The minimum atomic E-state index is -4.57. The molecule has 3 N–H and O–H groups in total. The van der Waals surface area contributed by atoms with Crippen LogP contribution < -0.4 is 11.1 Å². The number of alkyl halides is 3. The molecule has 0 saturated carbocycles. The number of rotatable bonds is 3. The zero-order valence-electron chi connectivity index (χ0n) is 10.5. The van der Waals surface area contributed by atoms with Crippen molar-refractivity contribution in [3.05, 3.63) is 42.0 Å². The van der Waals surface area contributed by atoms with E-state index in [1.165, 1.54) is 6.07 Å². The molecule has 0 unspecified atom stereocenters. The molecule has 0 aliphatic carbocycles.